The number of nitrogens with zero attached hydrogens (tertiary/aromatic N) is 2. The minimum Gasteiger partial charge on any atom is -0.496 e. The van der Waals surface area contributed by atoms with Gasteiger partial charge in [0.25, 0.3) is 5.91 Å². The van der Waals surface area contributed by atoms with Gasteiger partial charge in [-0.05, 0) is 30.3 Å². The third-order valence-corrected chi connectivity index (χ3v) is 6.40. The lowest BCUT2D eigenvalue weighted by Crippen LogP contribution is -2.41. The average molecular weight is 434 g/mol. The number of methoxy groups -OCH3 is 1. The zero-order valence-electron chi connectivity index (χ0n) is 17.2. The van der Waals surface area contributed by atoms with E-state index in [0.717, 1.165) is 5.69 Å². The maximum atomic E-state index is 12.9. The minimum atomic E-state index is -3.78. The standard InChI is InChI=1S/C21H27N3O5S/c1-23(17-6-4-3-5-7-17)11-10-22-30(26,27)18-8-9-20(28-2)19(16-18)21(25)24-12-14-29-15-13-24/h3-9,16,22H,10-15H2,1-2H3. The minimum absolute atomic E-state index is 0.0299. The SMILES string of the molecule is COc1ccc(S(=O)(=O)NCCN(C)c2ccccc2)cc1C(=O)N1CCOCC1. The Kier molecular flexibility index (Phi) is 7.30. The van der Waals surface area contributed by atoms with Gasteiger partial charge in [-0.25, -0.2) is 13.1 Å². The van der Waals surface area contributed by atoms with Crippen molar-refractivity contribution in [1.82, 2.24) is 9.62 Å². The van der Waals surface area contributed by atoms with E-state index >= 15 is 0 Å². The van der Waals surface area contributed by atoms with E-state index in [4.69, 9.17) is 9.47 Å². The highest BCUT2D eigenvalue weighted by atomic mass is 32.2. The molecule has 0 aliphatic carbocycles. The van der Waals surface area contributed by atoms with E-state index in [9.17, 15) is 13.2 Å². The van der Waals surface area contributed by atoms with Gasteiger partial charge in [0.2, 0.25) is 10.0 Å². The van der Waals surface area contributed by atoms with Crippen molar-refractivity contribution in [2.24, 2.45) is 0 Å². The van der Waals surface area contributed by atoms with Crippen molar-refractivity contribution >= 4 is 21.6 Å². The van der Waals surface area contributed by atoms with Crippen molar-refractivity contribution in [3.05, 3.63) is 54.1 Å². The second-order valence-electron chi connectivity index (χ2n) is 6.92. The van der Waals surface area contributed by atoms with Gasteiger partial charge in [-0.2, -0.15) is 0 Å². The number of carbonyl (C=O) groups excluding carboxylic acids is 1. The van der Waals surface area contributed by atoms with E-state index in [1.165, 1.54) is 25.3 Å². The molecule has 1 N–H and O–H groups in total. The summed E-state index contributed by atoms with van der Waals surface area (Å²) in [4.78, 5) is 16.5. The van der Waals surface area contributed by atoms with Crippen molar-refractivity contribution in [3.63, 3.8) is 0 Å². The predicted molar refractivity (Wildman–Crippen MR) is 115 cm³/mol. The quantitative estimate of drug-likeness (QED) is 0.680. The number of benzene rings is 2. The number of ether oxygens (including phenoxy) is 2. The Morgan fingerprint density at radius 3 is 2.53 bits per heavy atom. The van der Waals surface area contributed by atoms with Gasteiger partial charge in [0.05, 0.1) is 30.8 Å². The van der Waals surface area contributed by atoms with Crippen LogP contribution in [0.1, 0.15) is 10.4 Å². The Morgan fingerprint density at radius 1 is 1.17 bits per heavy atom. The second kappa shape index (κ2) is 9.92. The highest BCUT2D eigenvalue weighted by Crippen LogP contribution is 2.24. The van der Waals surface area contributed by atoms with Crippen LogP contribution in [-0.2, 0) is 14.8 Å². The summed E-state index contributed by atoms with van der Waals surface area (Å²) in [6.07, 6.45) is 0. The molecule has 1 fully saturated rings. The van der Waals surface area contributed by atoms with E-state index in [1.807, 2.05) is 42.3 Å². The number of hydrogen-bond acceptors (Lipinski definition) is 6. The van der Waals surface area contributed by atoms with Crippen LogP contribution < -0.4 is 14.4 Å². The maximum absolute atomic E-state index is 12.9. The Balaban J connectivity index is 1.71. The molecule has 9 heteroatoms. The normalized spacial score (nSPS) is 14.4. The van der Waals surface area contributed by atoms with Crippen LogP contribution in [0.3, 0.4) is 0 Å². The molecule has 8 nitrogen and oxygen atoms in total. The average Bonchev–Trinajstić information content (AvgIpc) is 2.79. The molecule has 0 saturated carbocycles. The van der Waals surface area contributed by atoms with Crippen LogP contribution in [0.5, 0.6) is 5.75 Å². The topological polar surface area (TPSA) is 88.2 Å². The van der Waals surface area contributed by atoms with E-state index in [1.54, 1.807) is 4.90 Å². The number of hydrogen-bond donors (Lipinski definition) is 1. The van der Waals surface area contributed by atoms with Gasteiger partial charge in [0.1, 0.15) is 5.75 Å². The predicted octanol–water partition coefficient (Wildman–Crippen LogP) is 1.58. The molecule has 1 amide bonds. The van der Waals surface area contributed by atoms with Crippen LogP contribution in [0, 0.1) is 0 Å². The van der Waals surface area contributed by atoms with Crippen molar-refractivity contribution in [2.45, 2.75) is 4.90 Å². The third-order valence-electron chi connectivity index (χ3n) is 4.95. The molecule has 1 aliphatic heterocycles. The molecule has 1 saturated heterocycles. The molecule has 0 atom stereocenters. The first-order chi connectivity index (χ1) is 14.4. The molecule has 2 aromatic carbocycles. The lowest BCUT2D eigenvalue weighted by atomic mass is 10.1. The largest absolute Gasteiger partial charge is 0.496 e. The molecule has 1 aliphatic rings. The lowest BCUT2D eigenvalue weighted by molar-refractivity contribution is 0.0300. The fraction of sp³-hybridized carbons (Fsp3) is 0.381. The Labute approximate surface area is 177 Å². The van der Waals surface area contributed by atoms with Crippen molar-refractivity contribution in [2.75, 3.05) is 58.5 Å². The van der Waals surface area contributed by atoms with E-state index in [-0.39, 0.29) is 22.9 Å². The van der Waals surface area contributed by atoms with Crippen molar-refractivity contribution in [1.29, 1.82) is 0 Å². The number of likely N-dealkylation sites (N-methyl/N-ethyl adjacent to an activating group) is 1. The van der Waals surface area contributed by atoms with Gasteiger partial charge in [-0.1, -0.05) is 18.2 Å². The molecule has 3 rings (SSSR count). The van der Waals surface area contributed by atoms with Crippen LogP contribution in [0.4, 0.5) is 5.69 Å². The number of carbonyl (C=O) groups is 1. The number of sulfonamides is 1. The Morgan fingerprint density at radius 2 is 1.87 bits per heavy atom. The van der Waals surface area contributed by atoms with Crippen molar-refractivity contribution in [3.8, 4) is 5.75 Å². The summed E-state index contributed by atoms with van der Waals surface area (Å²) in [6.45, 7) is 2.57. The zero-order valence-corrected chi connectivity index (χ0v) is 18.0. The Hall–Kier alpha value is -2.62. The highest BCUT2D eigenvalue weighted by Gasteiger charge is 2.24. The molecule has 30 heavy (non-hydrogen) atoms. The summed E-state index contributed by atoms with van der Waals surface area (Å²) in [5.41, 5.74) is 1.23. The van der Waals surface area contributed by atoms with Gasteiger partial charge < -0.3 is 19.3 Å². The number of morpholine rings is 1. The number of anilines is 1. The summed E-state index contributed by atoms with van der Waals surface area (Å²) >= 11 is 0. The van der Waals surface area contributed by atoms with Crippen molar-refractivity contribution < 1.29 is 22.7 Å². The number of nitrogens with one attached hydrogen (secondary N) is 1. The summed E-state index contributed by atoms with van der Waals surface area (Å²) in [5.74, 6) is 0.0743. The first-order valence-electron chi connectivity index (χ1n) is 9.73. The van der Waals surface area contributed by atoms with Crippen LogP contribution in [0.15, 0.2) is 53.4 Å². The summed E-state index contributed by atoms with van der Waals surface area (Å²) in [7, 11) is -0.423. The molecule has 0 bridgehead atoms. The van der Waals surface area contributed by atoms with E-state index < -0.39 is 10.0 Å². The summed E-state index contributed by atoms with van der Waals surface area (Å²) in [6, 6.07) is 14.0. The molecular formula is C21H27N3O5S. The molecular weight excluding hydrogens is 406 g/mol. The summed E-state index contributed by atoms with van der Waals surface area (Å²) < 4.78 is 38.7. The lowest BCUT2D eigenvalue weighted by Gasteiger charge is -2.27. The molecule has 2 aromatic rings. The van der Waals surface area contributed by atoms with Gasteiger partial charge in [0, 0.05) is 38.9 Å². The Bertz CT molecular complexity index is 960. The van der Waals surface area contributed by atoms with Gasteiger partial charge in [-0.15, -0.1) is 0 Å². The van der Waals surface area contributed by atoms with Crippen LogP contribution in [0.25, 0.3) is 0 Å². The second-order valence-corrected chi connectivity index (χ2v) is 8.69. The molecule has 0 aromatic heterocycles. The van der Waals surface area contributed by atoms with Crippen LogP contribution in [-0.4, -0.2) is 72.8 Å². The smallest absolute Gasteiger partial charge is 0.257 e. The third kappa shape index (κ3) is 5.29. The number of para-hydroxylation sites is 1. The summed E-state index contributed by atoms with van der Waals surface area (Å²) in [5, 5.41) is 0. The van der Waals surface area contributed by atoms with E-state index in [2.05, 4.69) is 4.72 Å². The maximum Gasteiger partial charge on any atom is 0.257 e. The molecule has 0 radical (unpaired) electrons. The number of rotatable bonds is 8. The molecule has 1 heterocycles. The monoisotopic (exact) mass is 433 g/mol. The van der Waals surface area contributed by atoms with Gasteiger partial charge in [0.15, 0.2) is 0 Å². The molecule has 0 spiro atoms. The first kappa shape index (κ1) is 22.1. The molecule has 0 unspecified atom stereocenters. The first-order valence-corrected chi connectivity index (χ1v) is 11.2. The van der Waals surface area contributed by atoms with E-state index in [0.29, 0.717) is 38.6 Å². The van der Waals surface area contributed by atoms with Gasteiger partial charge >= 0.3 is 0 Å². The van der Waals surface area contributed by atoms with Crippen LogP contribution in [0.2, 0.25) is 0 Å². The fourth-order valence-electron chi connectivity index (χ4n) is 3.20. The van der Waals surface area contributed by atoms with Gasteiger partial charge in [-0.3, -0.25) is 4.79 Å². The van der Waals surface area contributed by atoms with Crippen LogP contribution >= 0.6 is 0 Å². The molecule has 162 valence electrons. The fourth-order valence-corrected chi connectivity index (χ4v) is 4.25. The zero-order chi connectivity index (χ0) is 21.6. The highest BCUT2D eigenvalue weighted by molar-refractivity contribution is 7.89. The number of amides is 1.